The van der Waals surface area contributed by atoms with Gasteiger partial charge in [0, 0.05) is 0 Å². The van der Waals surface area contributed by atoms with E-state index < -0.39 is 0 Å². The molecule has 3 aromatic rings. The molecule has 0 fully saturated rings. The lowest BCUT2D eigenvalue weighted by molar-refractivity contribution is 0.605. The van der Waals surface area contributed by atoms with Gasteiger partial charge in [-0.25, -0.2) is 4.39 Å². The molecule has 0 spiro atoms. The van der Waals surface area contributed by atoms with Crippen molar-refractivity contribution in [2.24, 2.45) is 5.10 Å². The van der Waals surface area contributed by atoms with Gasteiger partial charge in [-0.15, -0.1) is 0 Å². The maximum absolute atomic E-state index is 14.4. The van der Waals surface area contributed by atoms with Crippen LogP contribution in [0.1, 0.15) is 17.0 Å². The molecule has 0 amide bonds. The fraction of sp³-hybridized carbons (Fsp3) is 0.0952. The van der Waals surface area contributed by atoms with Crippen molar-refractivity contribution in [2.75, 3.05) is 11.6 Å². The Kier molecular flexibility index (Phi) is 3.83. The van der Waals surface area contributed by atoms with Crippen molar-refractivity contribution in [1.82, 2.24) is 0 Å². The summed E-state index contributed by atoms with van der Waals surface area (Å²) < 4.78 is 14.4. The second-order valence-corrected chi connectivity index (χ2v) is 5.84. The van der Waals surface area contributed by atoms with E-state index in [9.17, 15) is 4.39 Å². The molecule has 0 saturated carbocycles. The van der Waals surface area contributed by atoms with Crippen LogP contribution in [0.4, 0.5) is 10.1 Å². The van der Waals surface area contributed by atoms with E-state index >= 15 is 0 Å². The van der Waals surface area contributed by atoms with Gasteiger partial charge in [-0.1, -0.05) is 66.7 Å². The average Bonchev–Trinajstić information content (AvgIpc) is 3.09. The number of benzene rings is 3. The lowest BCUT2D eigenvalue weighted by Crippen LogP contribution is -2.19. The van der Waals surface area contributed by atoms with Crippen LogP contribution < -0.4 is 5.01 Å². The second-order valence-electron chi connectivity index (χ2n) is 5.84. The van der Waals surface area contributed by atoms with Crippen molar-refractivity contribution in [3.8, 4) is 0 Å². The number of hydrogen-bond acceptors (Lipinski definition) is 2. The maximum Gasteiger partial charge on any atom is 0.127 e. The highest BCUT2D eigenvalue weighted by atomic mass is 19.1. The first-order valence-electron chi connectivity index (χ1n) is 8.04. The first-order chi connectivity index (χ1) is 11.8. The minimum Gasteiger partial charge on any atom is -0.264 e. The summed E-state index contributed by atoms with van der Waals surface area (Å²) in [5.41, 5.74) is 3.65. The third-order valence-corrected chi connectivity index (χ3v) is 4.32. The zero-order valence-electron chi connectivity index (χ0n) is 13.1. The van der Waals surface area contributed by atoms with Crippen LogP contribution >= 0.6 is 0 Å². The van der Waals surface area contributed by atoms with Gasteiger partial charge in [-0.3, -0.25) is 5.01 Å². The van der Waals surface area contributed by atoms with E-state index in [0.29, 0.717) is 12.1 Å². The van der Waals surface area contributed by atoms with Gasteiger partial charge in [0.2, 0.25) is 0 Å². The molecule has 4 rings (SSSR count). The number of rotatable bonds is 3. The van der Waals surface area contributed by atoms with Gasteiger partial charge in [-0.05, 0) is 29.3 Å². The van der Waals surface area contributed by atoms with Gasteiger partial charge in [0.25, 0.3) is 0 Å². The predicted octanol–water partition coefficient (Wildman–Crippen LogP) is 4.83. The zero-order valence-corrected chi connectivity index (χ0v) is 13.1. The fourth-order valence-corrected chi connectivity index (χ4v) is 3.13. The first kappa shape index (κ1) is 14.6. The lowest BCUT2D eigenvalue weighted by atomic mass is 9.90. The van der Waals surface area contributed by atoms with Gasteiger partial charge in [0.15, 0.2) is 0 Å². The van der Waals surface area contributed by atoms with E-state index in [2.05, 4.69) is 0 Å². The highest BCUT2D eigenvalue weighted by molar-refractivity contribution is 6.07. The molecule has 3 aromatic carbocycles. The number of anilines is 1. The number of para-hydroxylation sites is 1. The molecule has 0 unspecified atom stereocenters. The quantitative estimate of drug-likeness (QED) is 0.675. The molecule has 0 aliphatic carbocycles. The van der Waals surface area contributed by atoms with E-state index in [4.69, 9.17) is 5.10 Å². The Bertz CT molecular complexity index is 859. The minimum absolute atomic E-state index is 0.0891. The zero-order chi connectivity index (χ0) is 16.4. The number of hydrogen-bond donors (Lipinski definition) is 0. The van der Waals surface area contributed by atoms with Crippen molar-refractivity contribution in [2.45, 2.75) is 5.92 Å². The summed E-state index contributed by atoms with van der Waals surface area (Å²) in [5, 5.41) is 6.77. The molecule has 0 bridgehead atoms. The van der Waals surface area contributed by atoms with E-state index in [1.807, 2.05) is 77.8 Å². The van der Waals surface area contributed by atoms with Crippen molar-refractivity contribution in [3.63, 3.8) is 0 Å². The summed E-state index contributed by atoms with van der Waals surface area (Å²) in [4.78, 5) is 0. The van der Waals surface area contributed by atoms with E-state index in [0.717, 1.165) is 17.0 Å². The van der Waals surface area contributed by atoms with Crippen molar-refractivity contribution >= 4 is 11.4 Å². The Hall–Kier alpha value is -2.94. The normalized spacial score (nSPS) is 17.0. The van der Waals surface area contributed by atoms with Crippen molar-refractivity contribution < 1.29 is 4.39 Å². The molecule has 24 heavy (non-hydrogen) atoms. The van der Waals surface area contributed by atoms with Gasteiger partial charge in [-0.2, -0.15) is 5.10 Å². The topological polar surface area (TPSA) is 15.6 Å². The largest absolute Gasteiger partial charge is 0.264 e. The lowest BCUT2D eigenvalue weighted by Gasteiger charge is -2.17. The Labute approximate surface area is 140 Å². The molecule has 2 nitrogen and oxygen atoms in total. The van der Waals surface area contributed by atoms with Crippen molar-refractivity contribution in [3.05, 3.63) is 102 Å². The fourth-order valence-electron chi connectivity index (χ4n) is 3.13. The Morgan fingerprint density at radius 2 is 1.42 bits per heavy atom. The maximum atomic E-state index is 14.4. The molecule has 118 valence electrons. The Morgan fingerprint density at radius 3 is 2.12 bits per heavy atom. The second kappa shape index (κ2) is 6.28. The van der Waals surface area contributed by atoms with Crippen LogP contribution in [0.3, 0.4) is 0 Å². The summed E-state index contributed by atoms with van der Waals surface area (Å²) in [6.07, 6.45) is 0. The smallest absolute Gasteiger partial charge is 0.127 e. The van der Waals surface area contributed by atoms with Crippen LogP contribution in [0.5, 0.6) is 0 Å². The van der Waals surface area contributed by atoms with E-state index in [1.165, 1.54) is 6.07 Å². The van der Waals surface area contributed by atoms with E-state index in [-0.39, 0.29) is 11.7 Å². The van der Waals surface area contributed by atoms with Gasteiger partial charge in [0.05, 0.1) is 23.9 Å². The van der Waals surface area contributed by atoms with Gasteiger partial charge >= 0.3 is 0 Å². The molecule has 1 heterocycles. The van der Waals surface area contributed by atoms with Crippen LogP contribution in [0.25, 0.3) is 0 Å². The van der Waals surface area contributed by atoms with E-state index in [1.54, 1.807) is 6.07 Å². The van der Waals surface area contributed by atoms with Crippen LogP contribution in [-0.2, 0) is 0 Å². The van der Waals surface area contributed by atoms with Crippen LogP contribution in [-0.4, -0.2) is 12.3 Å². The SMILES string of the molecule is Fc1ccccc1[C@@H]1CN(c2ccccc2)N=C1c1ccccc1. The number of halogens is 1. The highest BCUT2D eigenvalue weighted by Crippen LogP contribution is 2.32. The summed E-state index contributed by atoms with van der Waals surface area (Å²) in [5.74, 6) is -0.269. The van der Waals surface area contributed by atoms with Gasteiger partial charge < -0.3 is 0 Å². The molecular weight excluding hydrogens is 299 g/mol. The Morgan fingerprint density at radius 1 is 0.792 bits per heavy atom. The molecule has 1 aliphatic rings. The van der Waals surface area contributed by atoms with Gasteiger partial charge in [0.1, 0.15) is 5.82 Å². The third-order valence-electron chi connectivity index (χ3n) is 4.32. The van der Waals surface area contributed by atoms with Crippen LogP contribution in [0, 0.1) is 5.82 Å². The number of hydrazone groups is 1. The average molecular weight is 316 g/mol. The first-order valence-corrected chi connectivity index (χ1v) is 8.04. The standard InChI is InChI=1S/C21H17FN2/c22-20-14-8-7-13-18(20)19-15-24(17-11-5-2-6-12-17)23-21(19)16-9-3-1-4-10-16/h1-14,19H,15H2/t19-/m0/s1. The number of nitrogens with zero attached hydrogens (tertiary/aromatic N) is 2. The highest BCUT2D eigenvalue weighted by Gasteiger charge is 2.31. The Balaban J connectivity index is 1.79. The van der Waals surface area contributed by atoms with Crippen LogP contribution in [0.2, 0.25) is 0 Å². The summed E-state index contributed by atoms with van der Waals surface area (Å²) in [7, 11) is 0. The molecule has 1 aliphatic heterocycles. The third kappa shape index (κ3) is 2.69. The minimum atomic E-state index is -0.180. The molecular formula is C21H17FN2. The molecule has 0 radical (unpaired) electrons. The summed E-state index contributed by atoms with van der Waals surface area (Å²) in [6.45, 7) is 0.634. The predicted molar refractivity (Wildman–Crippen MR) is 95.9 cm³/mol. The molecule has 3 heteroatoms. The van der Waals surface area contributed by atoms with Crippen molar-refractivity contribution in [1.29, 1.82) is 0 Å². The monoisotopic (exact) mass is 316 g/mol. The summed E-state index contributed by atoms with van der Waals surface area (Å²) >= 11 is 0. The molecule has 0 N–H and O–H groups in total. The molecule has 0 aromatic heterocycles. The van der Waals surface area contributed by atoms with Crippen LogP contribution in [0.15, 0.2) is 90.0 Å². The molecule has 1 atom stereocenters. The molecule has 0 saturated heterocycles. The summed E-state index contributed by atoms with van der Waals surface area (Å²) in [6, 6.07) is 27.0.